The van der Waals surface area contributed by atoms with Gasteiger partial charge in [-0.25, -0.2) is 14.8 Å². The number of hydrogen-bond acceptors (Lipinski definition) is 7. The minimum absolute atomic E-state index is 0.287. The van der Waals surface area contributed by atoms with Crippen molar-refractivity contribution in [1.29, 1.82) is 0 Å². The Labute approximate surface area is 199 Å². The van der Waals surface area contributed by atoms with E-state index < -0.39 is 0 Å². The van der Waals surface area contributed by atoms with Crippen LogP contribution in [0.1, 0.15) is 30.9 Å². The highest BCUT2D eigenvalue weighted by Gasteiger charge is 2.18. The lowest BCUT2D eigenvalue weighted by molar-refractivity contribution is 0.250. The molecule has 1 fully saturated rings. The van der Waals surface area contributed by atoms with Crippen molar-refractivity contribution >= 4 is 17.5 Å². The molecule has 1 aliphatic heterocycles. The predicted molar refractivity (Wildman–Crippen MR) is 135 cm³/mol. The van der Waals surface area contributed by atoms with E-state index in [9.17, 15) is 9.59 Å². The number of anilines is 3. The third kappa shape index (κ3) is 5.91. The molecule has 2 aromatic heterocycles. The highest BCUT2D eigenvalue weighted by atomic mass is 16.2. The van der Waals surface area contributed by atoms with Gasteiger partial charge in [0.05, 0.1) is 0 Å². The number of aromatic amines is 1. The fourth-order valence-electron chi connectivity index (χ4n) is 4.32. The first-order chi connectivity index (χ1) is 16.5. The lowest BCUT2D eigenvalue weighted by Gasteiger charge is -2.34. The molecule has 0 bridgehead atoms. The number of unbranched alkanes of at least 4 members (excludes halogenated alkanes) is 1. The van der Waals surface area contributed by atoms with E-state index in [1.807, 2.05) is 24.3 Å². The molecule has 0 unspecified atom stereocenters. The molecule has 3 heterocycles. The molecular formula is C25H33N7O2. The molecule has 2 N–H and O–H groups in total. The van der Waals surface area contributed by atoms with Crippen LogP contribution in [0.2, 0.25) is 0 Å². The van der Waals surface area contributed by atoms with Crippen LogP contribution in [0, 0.1) is 6.92 Å². The SMILES string of the molecule is CCc1cc(Nc2cc(=O)n(CCCCN3CCN(c4ncccn4)CC3)c(=O)[nH]2)ccc1C. The Balaban J connectivity index is 1.25. The van der Waals surface area contributed by atoms with Gasteiger partial charge in [-0.15, -0.1) is 0 Å². The number of H-pyrrole nitrogens is 1. The number of hydrogen-bond donors (Lipinski definition) is 2. The number of nitrogens with one attached hydrogen (secondary N) is 2. The van der Waals surface area contributed by atoms with E-state index in [2.05, 4.69) is 43.9 Å². The van der Waals surface area contributed by atoms with Crippen LogP contribution >= 0.6 is 0 Å². The Morgan fingerprint density at radius 1 is 1.00 bits per heavy atom. The van der Waals surface area contributed by atoms with E-state index in [0.29, 0.717) is 12.4 Å². The quantitative estimate of drug-likeness (QED) is 0.471. The van der Waals surface area contributed by atoms with Crippen molar-refractivity contribution in [2.24, 2.45) is 0 Å². The van der Waals surface area contributed by atoms with Crippen LogP contribution in [-0.4, -0.2) is 57.1 Å². The average Bonchev–Trinajstić information content (AvgIpc) is 2.85. The van der Waals surface area contributed by atoms with Gasteiger partial charge < -0.3 is 10.2 Å². The third-order valence-corrected chi connectivity index (χ3v) is 6.34. The first kappa shape index (κ1) is 23.7. The van der Waals surface area contributed by atoms with E-state index in [-0.39, 0.29) is 11.2 Å². The third-order valence-electron chi connectivity index (χ3n) is 6.34. The molecule has 3 aromatic rings. The van der Waals surface area contributed by atoms with Gasteiger partial charge in [0.15, 0.2) is 0 Å². The molecule has 9 heteroatoms. The Bertz CT molecular complexity index is 1170. The Morgan fingerprint density at radius 3 is 2.44 bits per heavy atom. The van der Waals surface area contributed by atoms with Crippen molar-refractivity contribution in [3.05, 3.63) is 74.7 Å². The zero-order valence-corrected chi connectivity index (χ0v) is 20.0. The summed E-state index contributed by atoms with van der Waals surface area (Å²) in [4.78, 5) is 41.1. The van der Waals surface area contributed by atoms with Crippen LogP contribution in [0.3, 0.4) is 0 Å². The summed E-state index contributed by atoms with van der Waals surface area (Å²) in [6, 6.07) is 9.32. The summed E-state index contributed by atoms with van der Waals surface area (Å²) in [5.74, 6) is 1.20. The molecule has 1 aromatic carbocycles. The molecule has 4 rings (SSSR count). The monoisotopic (exact) mass is 463 g/mol. The molecule has 0 atom stereocenters. The van der Waals surface area contributed by atoms with Gasteiger partial charge in [0.25, 0.3) is 5.56 Å². The van der Waals surface area contributed by atoms with Crippen molar-refractivity contribution < 1.29 is 0 Å². The minimum Gasteiger partial charge on any atom is -0.342 e. The van der Waals surface area contributed by atoms with E-state index in [1.165, 1.54) is 21.8 Å². The van der Waals surface area contributed by atoms with Crippen molar-refractivity contribution in [1.82, 2.24) is 24.4 Å². The van der Waals surface area contributed by atoms with Crippen molar-refractivity contribution in [3.8, 4) is 0 Å². The van der Waals surface area contributed by atoms with Crippen LogP contribution < -0.4 is 21.5 Å². The van der Waals surface area contributed by atoms with Gasteiger partial charge in [-0.05, 0) is 62.1 Å². The van der Waals surface area contributed by atoms with Crippen molar-refractivity contribution in [2.75, 3.05) is 42.9 Å². The number of nitrogens with zero attached hydrogens (tertiary/aromatic N) is 5. The van der Waals surface area contributed by atoms with E-state index in [1.54, 1.807) is 12.4 Å². The zero-order valence-electron chi connectivity index (χ0n) is 20.0. The molecule has 0 amide bonds. The lowest BCUT2D eigenvalue weighted by Crippen LogP contribution is -2.47. The normalized spacial score (nSPS) is 14.4. The molecule has 0 saturated carbocycles. The molecule has 1 saturated heterocycles. The molecular weight excluding hydrogens is 430 g/mol. The first-order valence-corrected chi connectivity index (χ1v) is 12.0. The van der Waals surface area contributed by atoms with E-state index >= 15 is 0 Å². The van der Waals surface area contributed by atoms with Gasteiger partial charge >= 0.3 is 5.69 Å². The average molecular weight is 464 g/mol. The zero-order chi connectivity index (χ0) is 23.9. The second-order valence-corrected chi connectivity index (χ2v) is 8.68. The Kier molecular flexibility index (Phi) is 7.74. The van der Waals surface area contributed by atoms with Gasteiger partial charge in [-0.1, -0.05) is 13.0 Å². The Hall–Kier alpha value is -3.46. The molecule has 0 aliphatic carbocycles. The summed E-state index contributed by atoms with van der Waals surface area (Å²) in [6.07, 6.45) is 6.17. The molecule has 9 nitrogen and oxygen atoms in total. The molecule has 34 heavy (non-hydrogen) atoms. The number of rotatable bonds is 9. The van der Waals surface area contributed by atoms with Gasteiger partial charge in [-0.3, -0.25) is 19.2 Å². The van der Waals surface area contributed by atoms with E-state index in [0.717, 1.165) is 63.6 Å². The van der Waals surface area contributed by atoms with Crippen LogP contribution in [0.5, 0.6) is 0 Å². The van der Waals surface area contributed by atoms with Crippen LogP contribution in [0.15, 0.2) is 52.3 Å². The summed E-state index contributed by atoms with van der Waals surface area (Å²) in [6.45, 7) is 9.26. The van der Waals surface area contributed by atoms with Crippen molar-refractivity contribution in [3.63, 3.8) is 0 Å². The number of aryl methyl sites for hydroxylation is 2. The fraction of sp³-hybridized carbons (Fsp3) is 0.440. The smallest absolute Gasteiger partial charge is 0.329 e. The van der Waals surface area contributed by atoms with Crippen LogP contribution in [-0.2, 0) is 13.0 Å². The van der Waals surface area contributed by atoms with Gasteiger partial charge in [0.2, 0.25) is 5.95 Å². The van der Waals surface area contributed by atoms with Gasteiger partial charge in [-0.2, -0.15) is 0 Å². The summed E-state index contributed by atoms with van der Waals surface area (Å²) in [5, 5.41) is 3.15. The minimum atomic E-state index is -0.380. The second kappa shape index (κ2) is 11.1. The lowest BCUT2D eigenvalue weighted by atomic mass is 10.1. The predicted octanol–water partition coefficient (Wildman–Crippen LogP) is 2.54. The maximum atomic E-state index is 12.6. The van der Waals surface area contributed by atoms with E-state index in [4.69, 9.17) is 0 Å². The summed E-state index contributed by atoms with van der Waals surface area (Å²) in [7, 11) is 0. The first-order valence-electron chi connectivity index (χ1n) is 12.0. The van der Waals surface area contributed by atoms with Gasteiger partial charge in [0.1, 0.15) is 5.82 Å². The van der Waals surface area contributed by atoms with Crippen LogP contribution in [0.4, 0.5) is 17.5 Å². The van der Waals surface area contributed by atoms with Crippen molar-refractivity contribution in [2.45, 2.75) is 39.7 Å². The van der Waals surface area contributed by atoms with Crippen LogP contribution in [0.25, 0.3) is 0 Å². The number of benzene rings is 1. The summed E-state index contributed by atoms with van der Waals surface area (Å²) >= 11 is 0. The maximum Gasteiger partial charge on any atom is 0.329 e. The summed E-state index contributed by atoms with van der Waals surface area (Å²) < 4.78 is 1.28. The topological polar surface area (TPSA) is 99.2 Å². The highest BCUT2D eigenvalue weighted by Crippen LogP contribution is 2.18. The Morgan fingerprint density at radius 2 is 1.74 bits per heavy atom. The number of piperazine rings is 1. The number of aromatic nitrogens is 4. The molecule has 0 spiro atoms. The standard InChI is InChI=1S/C25H33N7O2/c1-3-20-17-21(8-7-19(20)2)28-22-18-23(33)32(25(34)29-22)12-5-4-11-30-13-15-31(16-14-30)24-26-9-6-10-27-24/h6-10,17-18,28H,3-5,11-16H2,1-2H3,(H,29,34). The second-order valence-electron chi connectivity index (χ2n) is 8.68. The maximum absolute atomic E-state index is 12.6. The fourth-order valence-corrected chi connectivity index (χ4v) is 4.32. The van der Waals surface area contributed by atoms with Gasteiger partial charge in [0, 0.05) is 56.9 Å². The highest BCUT2D eigenvalue weighted by molar-refractivity contribution is 5.57. The molecule has 180 valence electrons. The largest absolute Gasteiger partial charge is 0.342 e. The molecule has 1 aliphatic rings. The molecule has 0 radical (unpaired) electrons. The summed E-state index contributed by atoms with van der Waals surface area (Å²) in [5.41, 5.74) is 2.65.